The van der Waals surface area contributed by atoms with Gasteiger partial charge in [0.25, 0.3) is 0 Å². The molecule has 0 saturated carbocycles. The van der Waals surface area contributed by atoms with Crippen molar-refractivity contribution in [3.63, 3.8) is 0 Å². The van der Waals surface area contributed by atoms with E-state index in [1.165, 1.54) is 5.75 Å². The molecule has 0 aliphatic carbocycles. The van der Waals surface area contributed by atoms with Crippen molar-refractivity contribution in [2.75, 3.05) is 23.9 Å². The predicted octanol–water partition coefficient (Wildman–Crippen LogP) is 2.72. The second-order valence-corrected chi connectivity index (χ2v) is 3.95. The molecular formula is C11H14N2S. The molecule has 0 unspecified atom stereocenters. The lowest BCUT2D eigenvalue weighted by Crippen LogP contribution is -2.02. The Bertz CT molecular complexity index is 317. The molecule has 0 aliphatic heterocycles. The summed E-state index contributed by atoms with van der Waals surface area (Å²) in [5.74, 6) is 1.17. The van der Waals surface area contributed by atoms with Crippen LogP contribution >= 0.6 is 11.8 Å². The maximum absolute atomic E-state index is 8.69. The van der Waals surface area contributed by atoms with E-state index in [0.29, 0.717) is 5.56 Å². The number of nitriles is 1. The highest BCUT2D eigenvalue weighted by molar-refractivity contribution is 7.98. The second-order valence-electron chi connectivity index (χ2n) is 2.97. The van der Waals surface area contributed by atoms with E-state index in [9.17, 15) is 0 Å². The summed E-state index contributed by atoms with van der Waals surface area (Å²) >= 11 is 1.85. The lowest BCUT2D eigenvalue weighted by atomic mass is 10.2. The number of hydrogen-bond donors (Lipinski definition) is 1. The third-order valence-electron chi connectivity index (χ3n) is 1.85. The van der Waals surface area contributed by atoms with Crippen LogP contribution in [-0.4, -0.2) is 18.6 Å². The van der Waals surface area contributed by atoms with Gasteiger partial charge in [0, 0.05) is 12.2 Å². The van der Waals surface area contributed by atoms with E-state index in [-0.39, 0.29) is 0 Å². The van der Waals surface area contributed by atoms with Gasteiger partial charge in [-0.15, -0.1) is 0 Å². The summed E-state index contributed by atoms with van der Waals surface area (Å²) in [6.45, 7) is 0.968. The van der Waals surface area contributed by atoms with Crippen molar-refractivity contribution in [3.05, 3.63) is 29.8 Å². The molecule has 0 spiro atoms. The van der Waals surface area contributed by atoms with Crippen LogP contribution in [0, 0.1) is 11.3 Å². The highest BCUT2D eigenvalue weighted by atomic mass is 32.2. The number of anilines is 1. The molecule has 1 aromatic carbocycles. The van der Waals surface area contributed by atoms with Gasteiger partial charge in [-0.3, -0.25) is 0 Å². The number of thioether (sulfide) groups is 1. The molecule has 0 aliphatic rings. The molecule has 3 heteroatoms. The van der Waals surface area contributed by atoms with Gasteiger partial charge in [0.1, 0.15) is 0 Å². The molecule has 0 heterocycles. The molecule has 0 bridgehead atoms. The van der Waals surface area contributed by atoms with Crippen molar-refractivity contribution in [2.24, 2.45) is 0 Å². The minimum absolute atomic E-state index is 0.708. The number of benzene rings is 1. The fraction of sp³-hybridized carbons (Fsp3) is 0.364. The quantitative estimate of drug-likeness (QED) is 0.752. The summed E-state index contributed by atoms with van der Waals surface area (Å²) in [6, 6.07) is 9.70. The first-order valence-electron chi connectivity index (χ1n) is 4.60. The summed E-state index contributed by atoms with van der Waals surface area (Å²) in [4.78, 5) is 0. The summed E-state index contributed by atoms with van der Waals surface area (Å²) < 4.78 is 0. The largest absolute Gasteiger partial charge is 0.385 e. The fourth-order valence-electron chi connectivity index (χ4n) is 1.15. The topological polar surface area (TPSA) is 35.8 Å². The van der Waals surface area contributed by atoms with E-state index in [0.717, 1.165) is 18.7 Å². The Hall–Kier alpha value is -1.14. The van der Waals surface area contributed by atoms with E-state index in [4.69, 9.17) is 5.26 Å². The molecule has 1 rings (SSSR count). The van der Waals surface area contributed by atoms with Crippen LogP contribution in [0.25, 0.3) is 0 Å². The molecule has 14 heavy (non-hydrogen) atoms. The monoisotopic (exact) mass is 206 g/mol. The zero-order chi connectivity index (χ0) is 10.2. The van der Waals surface area contributed by atoms with Gasteiger partial charge in [-0.2, -0.15) is 17.0 Å². The van der Waals surface area contributed by atoms with Gasteiger partial charge in [0.15, 0.2) is 0 Å². The van der Waals surface area contributed by atoms with Crippen molar-refractivity contribution < 1.29 is 0 Å². The smallest absolute Gasteiger partial charge is 0.0992 e. The van der Waals surface area contributed by atoms with E-state index < -0.39 is 0 Å². The van der Waals surface area contributed by atoms with Crippen LogP contribution in [0.2, 0.25) is 0 Å². The van der Waals surface area contributed by atoms with Gasteiger partial charge < -0.3 is 5.32 Å². The molecule has 0 radical (unpaired) electrons. The highest BCUT2D eigenvalue weighted by Gasteiger charge is 1.93. The third-order valence-corrected chi connectivity index (χ3v) is 2.54. The molecule has 74 valence electrons. The van der Waals surface area contributed by atoms with Gasteiger partial charge in [0.2, 0.25) is 0 Å². The van der Waals surface area contributed by atoms with Crippen LogP contribution in [-0.2, 0) is 0 Å². The fourth-order valence-corrected chi connectivity index (χ4v) is 1.58. The van der Waals surface area contributed by atoms with Gasteiger partial charge in [-0.05, 0) is 36.6 Å². The second kappa shape index (κ2) is 6.33. The molecule has 2 nitrogen and oxygen atoms in total. The average Bonchev–Trinajstić information content (AvgIpc) is 2.25. The average molecular weight is 206 g/mol. The lowest BCUT2D eigenvalue weighted by molar-refractivity contribution is 0.993. The Labute approximate surface area is 89.3 Å². The van der Waals surface area contributed by atoms with E-state index in [1.807, 2.05) is 36.0 Å². The molecule has 1 N–H and O–H groups in total. The maximum atomic E-state index is 8.69. The third kappa shape index (κ3) is 3.71. The van der Waals surface area contributed by atoms with Crippen molar-refractivity contribution >= 4 is 17.4 Å². The maximum Gasteiger partial charge on any atom is 0.0992 e. The molecule has 1 aromatic rings. The highest BCUT2D eigenvalue weighted by Crippen LogP contribution is 2.09. The first kappa shape index (κ1) is 10.9. The van der Waals surface area contributed by atoms with Gasteiger partial charge >= 0.3 is 0 Å². The molecule has 0 fully saturated rings. The first-order chi connectivity index (χ1) is 6.86. The molecule has 0 amide bonds. The zero-order valence-electron chi connectivity index (χ0n) is 8.29. The van der Waals surface area contributed by atoms with Crippen molar-refractivity contribution in [1.82, 2.24) is 0 Å². The zero-order valence-corrected chi connectivity index (χ0v) is 9.10. The predicted molar refractivity (Wildman–Crippen MR) is 62.6 cm³/mol. The summed E-state index contributed by atoms with van der Waals surface area (Å²) in [5, 5.41) is 12.0. The van der Waals surface area contributed by atoms with E-state index in [2.05, 4.69) is 17.6 Å². The number of hydrogen-bond acceptors (Lipinski definition) is 3. The van der Waals surface area contributed by atoms with E-state index in [1.54, 1.807) is 0 Å². The first-order valence-corrected chi connectivity index (χ1v) is 5.99. The van der Waals surface area contributed by atoms with Crippen LogP contribution in [0.1, 0.15) is 12.0 Å². The Morgan fingerprint density at radius 2 is 2.36 bits per heavy atom. The minimum atomic E-state index is 0.708. The van der Waals surface area contributed by atoms with Crippen LogP contribution in [0.15, 0.2) is 24.3 Å². The van der Waals surface area contributed by atoms with Crippen LogP contribution in [0.4, 0.5) is 5.69 Å². The SMILES string of the molecule is CSCCCNc1cccc(C#N)c1. The number of nitrogens with one attached hydrogen (secondary N) is 1. The van der Waals surface area contributed by atoms with Gasteiger partial charge in [-0.1, -0.05) is 6.07 Å². The lowest BCUT2D eigenvalue weighted by Gasteiger charge is -2.05. The van der Waals surface area contributed by atoms with Gasteiger partial charge in [0.05, 0.1) is 11.6 Å². The summed E-state index contributed by atoms with van der Waals surface area (Å²) in [6.07, 6.45) is 3.26. The van der Waals surface area contributed by atoms with E-state index >= 15 is 0 Å². The number of nitrogens with zero attached hydrogens (tertiary/aromatic N) is 1. The molecule has 0 atom stereocenters. The summed E-state index contributed by atoms with van der Waals surface area (Å²) in [5.41, 5.74) is 1.74. The molecular weight excluding hydrogens is 192 g/mol. The Morgan fingerprint density at radius 1 is 1.50 bits per heavy atom. The van der Waals surface area contributed by atoms with Crippen LogP contribution < -0.4 is 5.32 Å². The minimum Gasteiger partial charge on any atom is -0.385 e. The normalized spacial score (nSPS) is 9.43. The van der Waals surface area contributed by atoms with Crippen molar-refractivity contribution in [3.8, 4) is 6.07 Å². The van der Waals surface area contributed by atoms with Crippen molar-refractivity contribution in [2.45, 2.75) is 6.42 Å². The molecule has 0 aromatic heterocycles. The number of rotatable bonds is 5. The van der Waals surface area contributed by atoms with Crippen LogP contribution in [0.5, 0.6) is 0 Å². The molecule has 0 saturated heterocycles. The van der Waals surface area contributed by atoms with Crippen molar-refractivity contribution in [1.29, 1.82) is 5.26 Å². The summed E-state index contributed by atoms with van der Waals surface area (Å²) in [7, 11) is 0. The Morgan fingerprint density at radius 3 is 3.07 bits per heavy atom. The van der Waals surface area contributed by atoms with Gasteiger partial charge in [-0.25, -0.2) is 0 Å². The van der Waals surface area contributed by atoms with Crippen LogP contribution in [0.3, 0.4) is 0 Å². The standard InChI is InChI=1S/C11H14N2S/c1-14-7-3-6-13-11-5-2-4-10(8-11)9-12/h2,4-5,8,13H,3,6-7H2,1H3. The Kier molecular flexibility index (Phi) is 4.95. The Balaban J connectivity index is 2.39.